The summed E-state index contributed by atoms with van der Waals surface area (Å²) in [6.07, 6.45) is -6.67. The predicted octanol–water partition coefficient (Wildman–Crippen LogP) is 2.25. The van der Waals surface area contributed by atoms with Gasteiger partial charge in [-0.25, -0.2) is 22.0 Å². The second-order valence-electron chi connectivity index (χ2n) is 3.26. The number of rotatable bonds is 2. The molecule has 0 spiro atoms. The second kappa shape index (κ2) is 3.79. The molecule has 0 bridgehead atoms. The average molecular weight is 228 g/mol. The third kappa shape index (κ3) is 2.10. The summed E-state index contributed by atoms with van der Waals surface area (Å²) in [4.78, 5) is 0. The van der Waals surface area contributed by atoms with Crippen LogP contribution in [0.1, 0.15) is 12.8 Å². The molecule has 1 unspecified atom stereocenters. The molecule has 2 nitrogen and oxygen atoms in total. The summed E-state index contributed by atoms with van der Waals surface area (Å²) in [6.45, 7) is 0. The molecule has 1 aliphatic carbocycles. The maximum atomic E-state index is 13.1. The van der Waals surface area contributed by atoms with Gasteiger partial charge in [-0.1, -0.05) is 0 Å². The van der Waals surface area contributed by atoms with Gasteiger partial charge in [0.05, 0.1) is 11.3 Å². The SMILES string of the molecule is N=C(C1=C(N)C(F)CCC1(F)F)C(F)F. The van der Waals surface area contributed by atoms with E-state index in [-0.39, 0.29) is 0 Å². The molecule has 3 N–H and O–H groups in total. The van der Waals surface area contributed by atoms with Crippen LogP contribution in [0.5, 0.6) is 0 Å². The summed E-state index contributed by atoms with van der Waals surface area (Å²) in [5.41, 5.74) is 1.09. The van der Waals surface area contributed by atoms with Crippen molar-refractivity contribution in [1.29, 1.82) is 5.41 Å². The fourth-order valence-corrected chi connectivity index (χ4v) is 1.42. The van der Waals surface area contributed by atoms with E-state index in [9.17, 15) is 22.0 Å². The Balaban J connectivity index is 3.18. The summed E-state index contributed by atoms with van der Waals surface area (Å²) in [6, 6.07) is 0. The van der Waals surface area contributed by atoms with Gasteiger partial charge < -0.3 is 5.73 Å². The van der Waals surface area contributed by atoms with Crippen LogP contribution in [0.15, 0.2) is 11.3 Å². The van der Waals surface area contributed by atoms with Gasteiger partial charge >= 0.3 is 0 Å². The zero-order valence-corrected chi connectivity index (χ0v) is 7.54. The van der Waals surface area contributed by atoms with E-state index in [1.165, 1.54) is 0 Å². The van der Waals surface area contributed by atoms with Crippen molar-refractivity contribution in [2.24, 2.45) is 5.73 Å². The number of hydrogen-bond acceptors (Lipinski definition) is 2. The fraction of sp³-hybridized carbons (Fsp3) is 0.625. The van der Waals surface area contributed by atoms with E-state index in [0.29, 0.717) is 0 Å². The Bertz CT molecular complexity index is 310. The van der Waals surface area contributed by atoms with Crippen LogP contribution in [0, 0.1) is 5.41 Å². The first-order valence-electron chi connectivity index (χ1n) is 4.16. The molecule has 0 amide bonds. The first-order valence-corrected chi connectivity index (χ1v) is 4.16. The van der Waals surface area contributed by atoms with Gasteiger partial charge in [-0.2, -0.15) is 0 Å². The highest BCUT2D eigenvalue weighted by molar-refractivity contribution is 6.02. The average Bonchev–Trinajstić information content (AvgIpc) is 2.11. The molecule has 0 saturated heterocycles. The third-order valence-corrected chi connectivity index (χ3v) is 2.19. The molecule has 0 aromatic rings. The van der Waals surface area contributed by atoms with E-state index in [0.717, 1.165) is 0 Å². The van der Waals surface area contributed by atoms with E-state index in [4.69, 9.17) is 11.1 Å². The van der Waals surface area contributed by atoms with Gasteiger partial charge in [-0.3, -0.25) is 5.41 Å². The van der Waals surface area contributed by atoms with Crippen LogP contribution in [-0.4, -0.2) is 24.2 Å². The van der Waals surface area contributed by atoms with Crippen molar-refractivity contribution in [3.63, 3.8) is 0 Å². The molecule has 0 saturated carbocycles. The van der Waals surface area contributed by atoms with Crippen LogP contribution in [0.2, 0.25) is 0 Å². The van der Waals surface area contributed by atoms with E-state index >= 15 is 0 Å². The summed E-state index contributed by atoms with van der Waals surface area (Å²) >= 11 is 0. The summed E-state index contributed by atoms with van der Waals surface area (Å²) in [5.74, 6) is -3.64. The molecule has 1 atom stereocenters. The standard InChI is InChI=1S/C8H9F5N2/c9-3-1-2-8(12,13)4(5(3)14)6(15)7(10)11/h3,7,15H,1-2,14H2. The molecule has 0 aromatic heterocycles. The minimum absolute atomic E-state index is 0.515. The van der Waals surface area contributed by atoms with E-state index < -0.39 is 48.3 Å². The molecular formula is C8H9F5N2. The Hall–Kier alpha value is -1.14. The Labute approximate surface area is 82.5 Å². The Kier molecular flexibility index (Phi) is 3.01. The van der Waals surface area contributed by atoms with Crippen molar-refractivity contribution in [2.75, 3.05) is 0 Å². The third-order valence-electron chi connectivity index (χ3n) is 2.19. The van der Waals surface area contributed by atoms with Crippen LogP contribution in [0.25, 0.3) is 0 Å². The number of nitrogens with two attached hydrogens (primary N) is 1. The van der Waals surface area contributed by atoms with E-state index in [1.54, 1.807) is 0 Å². The molecule has 0 fully saturated rings. The van der Waals surface area contributed by atoms with Crippen molar-refractivity contribution in [1.82, 2.24) is 0 Å². The van der Waals surface area contributed by atoms with Crippen LogP contribution >= 0.6 is 0 Å². The lowest BCUT2D eigenvalue weighted by Gasteiger charge is -2.28. The van der Waals surface area contributed by atoms with Gasteiger partial charge in [0.25, 0.3) is 12.3 Å². The first kappa shape index (κ1) is 11.9. The Morgan fingerprint density at radius 2 is 2.00 bits per heavy atom. The first-order chi connectivity index (χ1) is 6.77. The zero-order chi connectivity index (χ0) is 11.8. The molecule has 0 heterocycles. The lowest BCUT2D eigenvalue weighted by Crippen LogP contribution is -2.38. The molecule has 7 heteroatoms. The highest BCUT2D eigenvalue weighted by Gasteiger charge is 2.45. The van der Waals surface area contributed by atoms with Crippen molar-refractivity contribution in [3.05, 3.63) is 11.3 Å². The summed E-state index contributed by atoms with van der Waals surface area (Å²) in [5, 5.41) is 6.78. The molecule has 0 aromatic carbocycles. The number of halogens is 5. The van der Waals surface area contributed by atoms with Crippen molar-refractivity contribution in [2.45, 2.75) is 31.4 Å². The van der Waals surface area contributed by atoms with Crippen LogP contribution < -0.4 is 5.73 Å². The summed E-state index contributed by atoms with van der Waals surface area (Å²) in [7, 11) is 0. The summed E-state index contributed by atoms with van der Waals surface area (Å²) < 4.78 is 63.4. The fourth-order valence-electron chi connectivity index (χ4n) is 1.42. The molecule has 15 heavy (non-hydrogen) atoms. The molecule has 0 aliphatic heterocycles. The maximum Gasteiger partial charge on any atom is 0.280 e. The molecule has 86 valence electrons. The minimum atomic E-state index is -3.64. The lowest BCUT2D eigenvalue weighted by atomic mass is 9.88. The number of nitrogens with one attached hydrogen (secondary N) is 1. The van der Waals surface area contributed by atoms with Gasteiger partial charge in [0.1, 0.15) is 11.9 Å². The molecular weight excluding hydrogens is 219 g/mol. The molecule has 1 rings (SSSR count). The molecule has 0 radical (unpaired) electrons. The number of allylic oxidation sites excluding steroid dienone is 2. The van der Waals surface area contributed by atoms with Gasteiger partial charge in [-0.05, 0) is 6.42 Å². The van der Waals surface area contributed by atoms with Gasteiger partial charge in [0.15, 0.2) is 0 Å². The maximum absolute atomic E-state index is 13.1. The quantitative estimate of drug-likeness (QED) is 0.552. The van der Waals surface area contributed by atoms with E-state index in [1.807, 2.05) is 0 Å². The van der Waals surface area contributed by atoms with Gasteiger partial charge in [-0.15, -0.1) is 0 Å². The number of alkyl halides is 5. The van der Waals surface area contributed by atoms with E-state index in [2.05, 4.69) is 0 Å². The normalized spacial score (nSPS) is 25.9. The largest absolute Gasteiger partial charge is 0.399 e. The van der Waals surface area contributed by atoms with Crippen molar-refractivity contribution < 1.29 is 22.0 Å². The zero-order valence-electron chi connectivity index (χ0n) is 7.54. The predicted molar refractivity (Wildman–Crippen MR) is 44.0 cm³/mol. The smallest absolute Gasteiger partial charge is 0.280 e. The highest BCUT2D eigenvalue weighted by atomic mass is 19.3. The molecule has 1 aliphatic rings. The Morgan fingerprint density at radius 3 is 2.47 bits per heavy atom. The minimum Gasteiger partial charge on any atom is -0.399 e. The van der Waals surface area contributed by atoms with Crippen molar-refractivity contribution in [3.8, 4) is 0 Å². The second-order valence-corrected chi connectivity index (χ2v) is 3.26. The topological polar surface area (TPSA) is 49.9 Å². The Morgan fingerprint density at radius 1 is 1.47 bits per heavy atom. The van der Waals surface area contributed by atoms with Gasteiger partial charge in [0, 0.05) is 6.42 Å². The van der Waals surface area contributed by atoms with Crippen molar-refractivity contribution >= 4 is 5.71 Å². The van der Waals surface area contributed by atoms with Crippen LogP contribution in [-0.2, 0) is 0 Å². The lowest BCUT2D eigenvalue weighted by molar-refractivity contribution is 0.0179. The highest BCUT2D eigenvalue weighted by Crippen LogP contribution is 2.39. The monoisotopic (exact) mass is 228 g/mol. The number of hydrogen-bond donors (Lipinski definition) is 2. The van der Waals surface area contributed by atoms with Crippen LogP contribution in [0.4, 0.5) is 22.0 Å². The van der Waals surface area contributed by atoms with Gasteiger partial charge in [0.2, 0.25) is 0 Å². The van der Waals surface area contributed by atoms with Crippen LogP contribution in [0.3, 0.4) is 0 Å².